The van der Waals surface area contributed by atoms with Crippen molar-refractivity contribution in [3.63, 3.8) is 0 Å². The van der Waals surface area contributed by atoms with Gasteiger partial charge in [0, 0.05) is 17.9 Å². The maximum Gasteiger partial charge on any atom is 0.279 e. The highest BCUT2D eigenvalue weighted by molar-refractivity contribution is 7.98. The zero-order chi connectivity index (χ0) is 20.2. The molecule has 4 rings (SSSR count). The number of nitrogens with zero attached hydrogens (tertiary/aromatic N) is 2. The fourth-order valence-electron chi connectivity index (χ4n) is 3.81. The molecule has 1 amide bonds. The van der Waals surface area contributed by atoms with Gasteiger partial charge in [0.05, 0.1) is 16.8 Å². The Bertz CT molecular complexity index is 1100. The van der Waals surface area contributed by atoms with Gasteiger partial charge in [-0.3, -0.25) is 4.79 Å². The Morgan fingerprint density at radius 1 is 1.17 bits per heavy atom. The Morgan fingerprint density at radius 3 is 2.79 bits per heavy atom. The summed E-state index contributed by atoms with van der Waals surface area (Å²) in [6, 6.07) is 12.2. The van der Waals surface area contributed by atoms with E-state index in [-0.39, 0.29) is 5.91 Å². The van der Waals surface area contributed by atoms with E-state index in [1.165, 1.54) is 24.0 Å². The predicted octanol–water partition coefficient (Wildman–Crippen LogP) is 5.08. The van der Waals surface area contributed by atoms with E-state index in [1.807, 2.05) is 31.2 Å². The monoisotopic (exact) mass is 426 g/mol. The molecule has 3 aromatic rings. The molecule has 152 valence electrons. The summed E-state index contributed by atoms with van der Waals surface area (Å²) in [6.07, 6.45) is 6.72. The summed E-state index contributed by atoms with van der Waals surface area (Å²) in [5.41, 5.74) is 4.48. The van der Waals surface area contributed by atoms with Crippen LogP contribution in [0, 0.1) is 0 Å². The molecule has 0 radical (unpaired) electrons. The Labute approximate surface area is 179 Å². The lowest BCUT2D eigenvalue weighted by Crippen LogP contribution is -2.18. The lowest BCUT2D eigenvalue weighted by molar-refractivity contribution is 0.0997. The minimum absolute atomic E-state index is 0.159. The first-order chi connectivity index (χ1) is 14.2. The molecular weight excluding hydrogens is 400 g/mol. The van der Waals surface area contributed by atoms with Crippen LogP contribution in [0.25, 0.3) is 10.2 Å². The molecule has 6 heteroatoms. The van der Waals surface area contributed by atoms with Crippen molar-refractivity contribution in [1.29, 1.82) is 0 Å². The van der Waals surface area contributed by atoms with Crippen molar-refractivity contribution in [1.82, 2.24) is 4.57 Å². The third kappa shape index (κ3) is 4.43. The highest BCUT2D eigenvalue weighted by Crippen LogP contribution is 2.25. The number of aryl methyl sites for hydroxylation is 3. The highest BCUT2D eigenvalue weighted by atomic mass is 32.2. The number of thioether (sulfide) groups is 1. The topological polar surface area (TPSA) is 43.6 Å². The summed E-state index contributed by atoms with van der Waals surface area (Å²) in [6.45, 7) is 3.44. The summed E-state index contributed by atoms with van der Waals surface area (Å²) in [4.78, 5) is 18.3. The number of aromatic nitrogens is 1. The molecule has 0 fully saturated rings. The van der Waals surface area contributed by atoms with Gasteiger partial charge in [-0.15, -0.1) is 0 Å². The van der Waals surface area contributed by atoms with Crippen molar-refractivity contribution in [3.05, 3.63) is 57.9 Å². The zero-order valence-corrected chi connectivity index (χ0v) is 18.6. The minimum Gasteiger partial charge on any atom is -0.494 e. The van der Waals surface area contributed by atoms with Gasteiger partial charge in [-0.05, 0) is 80.3 Å². The minimum atomic E-state index is -0.159. The first-order valence-electron chi connectivity index (χ1n) is 10.2. The van der Waals surface area contributed by atoms with E-state index in [9.17, 15) is 4.79 Å². The number of benzene rings is 2. The number of rotatable bonds is 6. The van der Waals surface area contributed by atoms with Crippen molar-refractivity contribution < 1.29 is 9.53 Å². The fourth-order valence-corrected chi connectivity index (χ4v) is 5.26. The second kappa shape index (κ2) is 9.18. The summed E-state index contributed by atoms with van der Waals surface area (Å²) >= 11 is 3.34. The number of thiazole rings is 1. The quantitative estimate of drug-likeness (QED) is 0.552. The largest absolute Gasteiger partial charge is 0.494 e. The van der Waals surface area contributed by atoms with Crippen LogP contribution >= 0.6 is 23.1 Å². The Hall–Kier alpha value is -2.05. The van der Waals surface area contributed by atoms with Gasteiger partial charge < -0.3 is 9.30 Å². The summed E-state index contributed by atoms with van der Waals surface area (Å²) in [7, 11) is 0. The SMILES string of the molecule is CCOc1ccc2c(c1)sc(=NC(=O)c1ccc3c(c1)CCCC3)n2CCSC. The molecule has 1 aromatic heterocycles. The van der Waals surface area contributed by atoms with Gasteiger partial charge in [0.2, 0.25) is 0 Å². The van der Waals surface area contributed by atoms with Crippen LogP contribution in [0.4, 0.5) is 0 Å². The maximum atomic E-state index is 13.0. The third-order valence-corrected chi connectivity index (χ3v) is 6.91. The number of hydrogen-bond acceptors (Lipinski definition) is 4. The molecule has 1 heterocycles. The average molecular weight is 427 g/mol. The van der Waals surface area contributed by atoms with Crippen molar-refractivity contribution in [2.75, 3.05) is 18.6 Å². The number of fused-ring (bicyclic) bond motifs is 2. The van der Waals surface area contributed by atoms with Crippen LogP contribution in [0.3, 0.4) is 0 Å². The summed E-state index contributed by atoms with van der Waals surface area (Å²) in [5, 5.41) is 0. The standard InChI is InChI=1S/C23H26N2O2S2/c1-3-27-19-10-11-20-21(15-19)29-23(25(20)12-13-28-2)24-22(26)18-9-8-16-6-4-5-7-17(16)14-18/h8-11,14-15H,3-7,12-13H2,1-2H3. The molecule has 0 aliphatic heterocycles. The Morgan fingerprint density at radius 2 is 2.00 bits per heavy atom. The molecule has 0 unspecified atom stereocenters. The Balaban J connectivity index is 1.74. The summed E-state index contributed by atoms with van der Waals surface area (Å²) in [5.74, 6) is 1.66. The first-order valence-corrected chi connectivity index (χ1v) is 12.4. The molecule has 0 spiro atoms. The lowest BCUT2D eigenvalue weighted by atomic mass is 9.90. The third-order valence-electron chi connectivity index (χ3n) is 5.28. The van der Waals surface area contributed by atoms with Crippen LogP contribution < -0.4 is 9.54 Å². The molecule has 4 nitrogen and oxygen atoms in total. The van der Waals surface area contributed by atoms with E-state index in [1.54, 1.807) is 23.1 Å². The van der Waals surface area contributed by atoms with Crippen LogP contribution in [0.2, 0.25) is 0 Å². The van der Waals surface area contributed by atoms with E-state index in [4.69, 9.17) is 4.74 Å². The van der Waals surface area contributed by atoms with E-state index < -0.39 is 0 Å². The van der Waals surface area contributed by atoms with Gasteiger partial charge >= 0.3 is 0 Å². The highest BCUT2D eigenvalue weighted by Gasteiger charge is 2.14. The molecule has 0 atom stereocenters. The normalized spacial score (nSPS) is 14.2. The van der Waals surface area contributed by atoms with Crippen LogP contribution in [0.1, 0.15) is 41.3 Å². The number of amides is 1. The van der Waals surface area contributed by atoms with Gasteiger partial charge in [-0.1, -0.05) is 17.4 Å². The lowest BCUT2D eigenvalue weighted by Gasteiger charge is -2.15. The maximum absolute atomic E-state index is 13.0. The van der Waals surface area contributed by atoms with Crippen molar-refractivity contribution in [2.24, 2.45) is 4.99 Å². The number of ether oxygens (including phenoxy) is 1. The molecular formula is C23H26N2O2S2. The van der Waals surface area contributed by atoms with E-state index >= 15 is 0 Å². The molecule has 0 bridgehead atoms. The Kier molecular flexibility index (Phi) is 6.40. The number of hydrogen-bond donors (Lipinski definition) is 0. The summed E-state index contributed by atoms with van der Waals surface area (Å²) < 4.78 is 8.89. The second-order valence-electron chi connectivity index (χ2n) is 7.20. The first kappa shape index (κ1) is 20.2. The zero-order valence-electron chi connectivity index (χ0n) is 16.9. The molecule has 29 heavy (non-hydrogen) atoms. The van der Waals surface area contributed by atoms with E-state index in [0.29, 0.717) is 12.2 Å². The van der Waals surface area contributed by atoms with Gasteiger partial charge in [0.1, 0.15) is 5.75 Å². The van der Waals surface area contributed by atoms with Crippen LogP contribution in [0.15, 0.2) is 41.4 Å². The molecule has 1 aliphatic carbocycles. The molecule has 1 aliphatic rings. The molecule has 2 aromatic carbocycles. The predicted molar refractivity (Wildman–Crippen MR) is 122 cm³/mol. The van der Waals surface area contributed by atoms with Gasteiger partial charge in [-0.2, -0.15) is 16.8 Å². The fraction of sp³-hybridized carbons (Fsp3) is 0.391. The van der Waals surface area contributed by atoms with Gasteiger partial charge in [0.25, 0.3) is 5.91 Å². The van der Waals surface area contributed by atoms with Crippen LogP contribution in [-0.2, 0) is 19.4 Å². The van der Waals surface area contributed by atoms with E-state index in [0.717, 1.165) is 45.9 Å². The van der Waals surface area contributed by atoms with E-state index in [2.05, 4.69) is 27.9 Å². The number of carbonyl (C=O) groups is 1. The van der Waals surface area contributed by atoms with Crippen LogP contribution in [-0.4, -0.2) is 29.1 Å². The average Bonchev–Trinajstić information content (AvgIpc) is 3.08. The van der Waals surface area contributed by atoms with Gasteiger partial charge in [0.15, 0.2) is 4.80 Å². The molecule has 0 saturated carbocycles. The second-order valence-corrected chi connectivity index (χ2v) is 9.19. The molecule has 0 N–H and O–H groups in total. The smallest absolute Gasteiger partial charge is 0.279 e. The van der Waals surface area contributed by atoms with Crippen LogP contribution in [0.5, 0.6) is 5.75 Å². The van der Waals surface area contributed by atoms with Crippen molar-refractivity contribution in [2.45, 2.75) is 39.2 Å². The van der Waals surface area contributed by atoms with Crippen molar-refractivity contribution in [3.8, 4) is 5.75 Å². The van der Waals surface area contributed by atoms with Gasteiger partial charge in [-0.25, -0.2) is 0 Å². The van der Waals surface area contributed by atoms with Crippen molar-refractivity contribution >= 4 is 39.2 Å². The number of carbonyl (C=O) groups excluding carboxylic acids is 1. The molecule has 0 saturated heterocycles.